The molecule has 0 bridgehead atoms. The van der Waals surface area contributed by atoms with Crippen LogP contribution in [-0.4, -0.2) is 31.1 Å². The third-order valence-electron chi connectivity index (χ3n) is 4.19. The molecule has 0 amide bonds. The maximum atomic E-state index is 6.35. The average molecular weight is 480 g/mol. The number of aryl methyl sites for hydroxylation is 1. The van der Waals surface area contributed by atoms with Crippen LogP contribution >= 0.6 is 35.4 Å². The van der Waals surface area contributed by atoms with E-state index in [4.69, 9.17) is 44.9 Å². The highest BCUT2D eigenvalue weighted by atomic mass is 35.5. The van der Waals surface area contributed by atoms with E-state index < -0.39 is 0 Å². The van der Waals surface area contributed by atoms with Crippen LogP contribution in [0.1, 0.15) is 36.5 Å². The monoisotopic (exact) mass is 479 g/mol. The standard InChI is InChI=1S/C23H27Cl2N3O2S/c1-5-8-26-23(31)28-27-14-17-12-19(24)22(20(25)13-17)30-10-9-29-21-11-16(4)6-7-18(21)15(2)3/h5-7,11-15H,1,8-10H2,2-4H3,(H2,26,28,31)/b27-14+. The first kappa shape index (κ1) is 25.0. The summed E-state index contributed by atoms with van der Waals surface area (Å²) in [6.07, 6.45) is 3.27. The lowest BCUT2D eigenvalue weighted by atomic mass is 10.0. The molecule has 0 unspecified atom stereocenters. The van der Waals surface area contributed by atoms with Gasteiger partial charge in [-0.15, -0.1) is 6.58 Å². The fourth-order valence-corrected chi connectivity index (χ4v) is 3.45. The molecule has 0 saturated heterocycles. The summed E-state index contributed by atoms with van der Waals surface area (Å²) in [5, 5.41) is 8.13. The number of rotatable bonds is 10. The van der Waals surface area contributed by atoms with Gasteiger partial charge in [-0.1, -0.05) is 55.3 Å². The molecule has 0 saturated carbocycles. The van der Waals surface area contributed by atoms with Gasteiger partial charge < -0.3 is 14.8 Å². The molecule has 0 aliphatic heterocycles. The molecule has 0 heterocycles. The zero-order valence-corrected chi connectivity index (χ0v) is 20.2. The molecule has 0 aromatic heterocycles. The highest BCUT2D eigenvalue weighted by molar-refractivity contribution is 7.80. The maximum absolute atomic E-state index is 6.35. The van der Waals surface area contributed by atoms with Crippen LogP contribution in [0.2, 0.25) is 10.0 Å². The number of thiocarbonyl (C=S) groups is 1. The number of ether oxygens (including phenoxy) is 2. The smallest absolute Gasteiger partial charge is 0.187 e. The topological polar surface area (TPSA) is 54.9 Å². The summed E-state index contributed by atoms with van der Waals surface area (Å²) in [5.74, 6) is 1.65. The van der Waals surface area contributed by atoms with Gasteiger partial charge in [-0.3, -0.25) is 5.43 Å². The minimum atomic E-state index is 0.309. The van der Waals surface area contributed by atoms with Gasteiger partial charge in [0.25, 0.3) is 0 Å². The van der Waals surface area contributed by atoms with Crippen LogP contribution < -0.4 is 20.2 Å². The van der Waals surface area contributed by atoms with E-state index in [9.17, 15) is 0 Å². The second kappa shape index (κ2) is 12.5. The van der Waals surface area contributed by atoms with Crippen molar-refractivity contribution in [2.45, 2.75) is 26.7 Å². The lowest BCUT2D eigenvalue weighted by Gasteiger charge is -2.16. The first-order valence-electron chi connectivity index (χ1n) is 9.84. The van der Waals surface area contributed by atoms with E-state index in [0.29, 0.717) is 52.1 Å². The Labute approximate surface area is 199 Å². The molecule has 0 atom stereocenters. The van der Waals surface area contributed by atoms with E-state index in [1.165, 1.54) is 0 Å². The minimum Gasteiger partial charge on any atom is -0.490 e. The Balaban J connectivity index is 1.92. The first-order valence-corrected chi connectivity index (χ1v) is 11.0. The van der Waals surface area contributed by atoms with Gasteiger partial charge in [0.1, 0.15) is 19.0 Å². The van der Waals surface area contributed by atoms with Crippen LogP contribution in [0.25, 0.3) is 0 Å². The predicted octanol–water partition coefficient (Wildman–Crippen LogP) is 5.87. The van der Waals surface area contributed by atoms with Crippen LogP contribution in [0.5, 0.6) is 11.5 Å². The average Bonchev–Trinajstić information content (AvgIpc) is 2.71. The number of nitrogens with one attached hydrogen (secondary N) is 2. The van der Waals surface area contributed by atoms with Crippen LogP contribution in [0.4, 0.5) is 0 Å². The zero-order chi connectivity index (χ0) is 22.8. The van der Waals surface area contributed by atoms with Gasteiger partial charge >= 0.3 is 0 Å². The molecule has 166 valence electrons. The Morgan fingerprint density at radius 1 is 1.16 bits per heavy atom. The zero-order valence-electron chi connectivity index (χ0n) is 17.9. The first-order chi connectivity index (χ1) is 14.8. The van der Waals surface area contributed by atoms with Crippen molar-refractivity contribution >= 4 is 46.7 Å². The van der Waals surface area contributed by atoms with Gasteiger partial charge in [-0.05, 0) is 59.9 Å². The third-order valence-corrected chi connectivity index (χ3v) is 4.98. The fraction of sp³-hybridized carbons (Fsp3) is 0.304. The largest absolute Gasteiger partial charge is 0.490 e. The Bertz CT molecular complexity index is 925. The SMILES string of the molecule is C=CCNC(=S)N/N=C/c1cc(Cl)c(OCCOc2cc(C)ccc2C(C)C)c(Cl)c1. The van der Waals surface area contributed by atoms with Gasteiger partial charge in [-0.2, -0.15) is 5.10 Å². The molecule has 2 rings (SSSR count). The van der Waals surface area contributed by atoms with Crippen molar-refractivity contribution in [2.24, 2.45) is 5.10 Å². The van der Waals surface area contributed by atoms with Gasteiger partial charge in [0.05, 0.1) is 16.3 Å². The van der Waals surface area contributed by atoms with Crippen LogP contribution in [0, 0.1) is 6.92 Å². The molecule has 2 aromatic carbocycles. The van der Waals surface area contributed by atoms with Crippen LogP contribution in [0.3, 0.4) is 0 Å². The van der Waals surface area contributed by atoms with Crippen LogP contribution in [-0.2, 0) is 0 Å². The second-order valence-corrected chi connectivity index (χ2v) is 8.30. The minimum absolute atomic E-state index is 0.309. The lowest BCUT2D eigenvalue weighted by Crippen LogP contribution is -2.31. The molecule has 0 fully saturated rings. The highest BCUT2D eigenvalue weighted by Gasteiger charge is 2.11. The van der Waals surface area contributed by atoms with E-state index >= 15 is 0 Å². The Morgan fingerprint density at radius 3 is 2.48 bits per heavy atom. The number of hydrogen-bond acceptors (Lipinski definition) is 4. The van der Waals surface area contributed by atoms with Gasteiger partial charge in [0.2, 0.25) is 0 Å². The Morgan fingerprint density at radius 2 is 1.84 bits per heavy atom. The predicted molar refractivity (Wildman–Crippen MR) is 134 cm³/mol. The number of benzene rings is 2. The van der Waals surface area contributed by atoms with Gasteiger partial charge in [0, 0.05) is 6.54 Å². The molecule has 2 aromatic rings. The summed E-state index contributed by atoms with van der Waals surface area (Å²) in [5.41, 5.74) is 5.72. The summed E-state index contributed by atoms with van der Waals surface area (Å²) in [7, 11) is 0. The maximum Gasteiger partial charge on any atom is 0.187 e. The molecule has 0 spiro atoms. The molecule has 31 heavy (non-hydrogen) atoms. The number of nitrogens with zero attached hydrogens (tertiary/aromatic N) is 1. The Kier molecular flexibility index (Phi) is 10.1. The molecule has 0 aliphatic carbocycles. The molecule has 8 heteroatoms. The van der Waals surface area contributed by atoms with E-state index in [1.54, 1.807) is 24.4 Å². The lowest BCUT2D eigenvalue weighted by molar-refractivity contribution is 0.215. The van der Waals surface area contributed by atoms with E-state index in [-0.39, 0.29) is 0 Å². The van der Waals surface area contributed by atoms with E-state index in [0.717, 1.165) is 16.9 Å². The number of hydrogen-bond donors (Lipinski definition) is 2. The van der Waals surface area contributed by atoms with Crippen molar-refractivity contribution in [3.63, 3.8) is 0 Å². The normalized spacial score (nSPS) is 10.9. The van der Waals surface area contributed by atoms with Crippen LogP contribution in [0.15, 0.2) is 48.1 Å². The molecular formula is C23H27Cl2N3O2S. The summed E-state index contributed by atoms with van der Waals surface area (Å²) >= 11 is 17.8. The molecular weight excluding hydrogens is 453 g/mol. The Hall–Kier alpha value is -2.28. The summed E-state index contributed by atoms with van der Waals surface area (Å²) in [4.78, 5) is 0. The summed E-state index contributed by atoms with van der Waals surface area (Å²) in [6.45, 7) is 11.2. The molecule has 5 nitrogen and oxygen atoms in total. The third kappa shape index (κ3) is 8.05. The van der Waals surface area contributed by atoms with Gasteiger partial charge in [0.15, 0.2) is 10.9 Å². The van der Waals surface area contributed by atoms with Crippen molar-refractivity contribution in [1.82, 2.24) is 10.7 Å². The second-order valence-electron chi connectivity index (χ2n) is 7.08. The van der Waals surface area contributed by atoms with E-state index in [1.807, 2.05) is 13.0 Å². The van der Waals surface area contributed by atoms with E-state index in [2.05, 4.69) is 48.4 Å². The van der Waals surface area contributed by atoms with Crippen molar-refractivity contribution in [3.05, 3.63) is 69.7 Å². The highest BCUT2D eigenvalue weighted by Crippen LogP contribution is 2.34. The van der Waals surface area contributed by atoms with Gasteiger partial charge in [-0.25, -0.2) is 0 Å². The summed E-state index contributed by atoms with van der Waals surface area (Å²) in [6, 6.07) is 9.65. The quantitative estimate of drug-likeness (QED) is 0.147. The van der Waals surface area contributed by atoms with Crippen molar-refractivity contribution in [2.75, 3.05) is 19.8 Å². The fourth-order valence-electron chi connectivity index (χ4n) is 2.70. The van der Waals surface area contributed by atoms with Crippen molar-refractivity contribution in [1.29, 1.82) is 0 Å². The number of hydrazone groups is 1. The summed E-state index contributed by atoms with van der Waals surface area (Å²) < 4.78 is 11.7. The molecule has 0 aliphatic rings. The van der Waals surface area contributed by atoms with Crippen molar-refractivity contribution < 1.29 is 9.47 Å². The molecule has 2 N–H and O–H groups in total. The number of halogens is 2. The van der Waals surface area contributed by atoms with Crippen molar-refractivity contribution in [3.8, 4) is 11.5 Å². The molecule has 0 radical (unpaired) electrons.